The maximum atomic E-state index is 2.28. The zero-order chi connectivity index (χ0) is 13.2. The van der Waals surface area contributed by atoms with E-state index in [1.54, 1.807) is 0 Å². The molecule has 0 heteroatoms. The van der Waals surface area contributed by atoms with Crippen LogP contribution in [0.1, 0.15) is 38.3 Å². The fourth-order valence-corrected chi connectivity index (χ4v) is 1.84. The first-order valence-corrected chi connectivity index (χ1v) is 6.73. The highest BCUT2D eigenvalue weighted by Gasteiger charge is 2.02. The Balaban J connectivity index is 0.000000771. The molecule has 2 rings (SSSR count). The average Bonchev–Trinajstić information content (AvgIpc) is 2.49. The van der Waals surface area contributed by atoms with Crippen LogP contribution in [-0.2, 0) is 0 Å². The second kappa shape index (κ2) is 8.30. The van der Waals surface area contributed by atoms with Gasteiger partial charge in [0, 0.05) is 0 Å². The molecule has 0 amide bonds. The zero-order valence-corrected chi connectivity index (χ0v) is 11.6. The van der Waals surface area contributed by atoms with Gasteiger partial charge in [-0.15, -0.1) is 0 Å². The molecule has 0 radical (unpaired) electrons. The van der Waals surface area contributed by atoms with E-state index in [2.05, 4.69) is 73.7 Å². The number of allylic oxidation sites excluding steroid dienone is 1. The Morgan fingerprint density at radius 3 is 1.50 bits per heavy atom. The van der Waals surface area contributed by atoms with Gasteiger partial charge in [0.15, 0.2) is 0 Å². The van der Waals surface area contributed by atoms with Crippen LogP contribution in [0.15, 0.2) is 66.7 Å². The Labute approximate surface area is 111 Å². The van der Waals surface area contributed by atoms with E-state index in [1.807, 2.05) is 13.8 Å². The van der Waals surface area contributed by atoms with Crippen molar-refractivity contribution in [3.63, 3.8) is 0 Å². The molecule has 0 aromatic heterocycles. The van der Waals surface area contributed by atoms with Crippen molar-refractivity contribution in [2.45, 2.75) is 27.2 Å². The molecule has 0 aliphatic rings. The molecule has 0 nitrogen and oxygen atoms in total. The first-order chi connectivity index (χ1) is 8.92. The molecule has 2 aromatic carbocycles. The van der Waals surface area contributed by atoms with E-state index < -0.39 is 0 Å². The molecule has 0 unspecified atom stereocenters. The van der Waals surface area contributed by atoms with E-state index in [0.29, 0.717) is 0 Å². The van der Waals surface area contributed by atoms with E-state index in [9.17, 15) is 0 Å². The Hall–Kier alpha value is -1.82. The van der Waals surface area contributed by atoms with Gasteiger partial charge in [-0.1, -0.05) is 87.5 Å². The summed E-state index contributed by atoms with van der Waals surface area (Å²) in [5.41, 5.74) is 3.90. The molecule has 18 heavy (non-hydrogen) atoms. The Bertz CT molecular complexity index is 410. The molecule has 94 valence electrons. The van der Waals surface area contributed by atoms with Gasteiger partial charge in [-0.05, 0) is 23.1 Å². The van der Waals surface area contributed by atoms with Gasteiger partial charge in [0.05, 0.1) is 0 Å². The molecule has 0 saturated carbocycles. The molecular formula is C18H22. The molecule has 0 aliphatic heterocycles. The number of hydrogen-bond acceptors (Lipinski definition) is 0. The van der Waals surface area contributed by atoms with Crippen LogP contribution in [0.5, 0.6) is 0 Å². The van der Waals surface area contributed by atoms with Gasteiger partial charge in [-0.3, -0.25) is 0 Å². The molecule has 0 saturated heterocycles. The molecule has 0 atom stereocenters. The predicted molar refractivity (Wildman–Crippen MR) is 81.6 cm³/mol. The van der Waals surface area contributed by atoms with Crippen LogP contribution in [0.2, 0.25) is 0 Å². The van der Waals surface area contributed by atoms with Gasteiger partial charge in [-0.2, -0.15) is 0 Å². The maximum absolute atomic E-state index is 2.28. The van der Waals surface area contributed by atoms with Gasteiger partial charge in [-0.25, -0.2) is 0 Å². The summed E-state index contributed by atoms with van der Waals surface area (Å²) in [7, 11) is 0. The summed E-state index contributed by atoms with van der Waals surface area (Å²) in [6.07, 6.45) is 3.34. The lowest BCUT2D eigenvalue weighted by Gasteiger charge is -2.07. The van der Waals surface area contributed by atoms with Crippen molar-refractivity contribution in [1.82, 2.24) is 0 Å². The van der Waals surface area contributed by atoms with Crippen LogP contribution in [0.3, 0.4) is 0 Å². The molecule has 0 bridgehead atoms. The minimum Gasteiger partial charge on any atom is -0.0763 e. The first kappa shape index (κ1) is 14.2. The van der Waals surface area contributed by atoms with Crippen LogP contribution < -0.4 is 0 Å². The zero-order valence-electron chi connectivity index (χ0n) is 11.6. The van der Waals surface area contributed by atoms with Gasteiger partial charge in [0.2, 0.25) is 0 Å². The van der Waals surface area contributed by atoms with Gasteiger partial charge < -0.3 is 0 Å². The highest BCUT2D eigenvalue weighted by Crippen LogP contribution is 2.23. The van der Waals surface area contributed by atoms with Gasteiger partial charge in [0.25, 0.3) is 0 Å². The monoisotopic (exact) mass is 238 g/mol. The summed E-state index contributed by atoms with van der Waals surface area (Å²) in [5.74, 6) is 0. The SMILES string of the molecule is CC.CCC=C(c1ccccc1)c1ccccc1. The van der Waals surface area contributed by atoms with Crippen LogP contribution in [0, 0.1) is 0 Å². The molecule has 0 spiro atoms. The van der Waals surface area contributed by atoms with Crippen molar-refractivity contribution < 1.29 is 0 Å². The third-order valence-electron chi connectivity index (χ3n) is 2.58. The lowest BCUT2D eigenvalue weighted by atomic mass is 9.97. The third kappa shape index (κ3) is 3.89. The molecule has 0 heterocycles. The number of benzene rings is 2. The van der Waals surface area contributed by atoms with E-state index in [1.165, 1.54) is 16.7 Å². The quantitative estimate of drug-likeness (QED) is 0.657. The fraction of sp³-hybridized carbons (Fsp3) is 0.222. The minimum absolute atomic E-state index is 1.05. The third-order valence-corrected chi connectivity index (χ3v) is 2.58. The maximum Gasteiger partial charge on any atom is -0.0151 e. The lowest BCUT2D eigenvalue weighted by Crippen LogP contribution is -1.87. The molecule has 0 N–H and O–H groups in total. The first-order valence-electron chi connectivity index (χ1n) is 6.73. The van der Waals surface area contributed by atoms with Crippen molar-refractivity contribution in [2.75, 3.05) is 0 Å². The van der Waals surface area contributed by atoms with Gasteiger partial charge in [0.1, 0.15) is 0 Å². The standard InChI is InChI=1S/C16H16.C2H6/c1-2-9-16(14-10-5-3-6-11-14)15-12-7-4-8-13-15;1-2/h3-13H,2H2,1H3;1-2H3. The largest absolute Gasteiger partial charge is 0.0763 e. The second-order valence-corrected chi connectivity index (χ2v) is 3.76. The van der Waals surface area contributed by atoms with Crippen molar-refractivity contribution in [3.8, 4) is 0 Å². The van der Waals surface area contributed by atoms with E-state index in [4.69, 9.17) is 0 Å². The molecule has 0 aliphatic carbocycles. The highest BCUT2D eigenvalue weighted by atomic mass is 14.1. The topological polar surface area (TPSA) is 0 Å². The summed E-state index contributed by atoms with van der Waals surface area (Å²) in [4.78, 5) is 0. The summed E-state index contributed by atoms with van der Waals surface area (Å²) in [6.45, 7) is 6.17. The van der Waals surface area contributed by atoms with Crippen molar-refractivity contribution in [1.29, 1.82) is 0 Å². The summed E-state index contributed by atoms with van der Waals surface area (Å²) in [6, 6.07) is 21.1. The lowest BCUT2D eigenvalue weighted by molar-refractivity contribution is 1.22. The minimum atomic E-state index is 1.05. The Morgan fingerprint density at radius 2 is 1.17 bits per heavy atom. The Kier molecular flexibility index (Phi) is 6.56. The molecule has 2 aromatic rings. The Morgan fingerprint density at radius 1 is 0.778 bits per heavy atom. The highest BCUT2D eigenvalue weighted by molar-refractivity contribution is 5.79. The van der Waals surface area contributed by atoms with Crippen LogP contribution in [-0.4, -0.2) is 0 Å². The smallest absolute Gasteiger partial charge is 0.0151 e. The molecular weight excluding hydrogens is 216 g/mol. The van der Waals surface area contributed by atoms with Crippen LogP contribution in [0.25, 0.3) is 5.57 Å². The van der Waals surface area contributed by atoms with Crippen molar-refractivity contribution >= 4 is 5.57 Å². The summed E-state index contributed by atoms with van der Waals surface area (Å²) in [5, 5.41) is 0. The van der Waals surface area contributed by atoms with Crippen LogP contribution >= 0.6 is 0 Å². The van der Waals surface area contributed by atoms with E-state index in [-0.39, 0.29) is 0 Å². The summed E-state index contributed by atoms with van der Waals surface area (Å²) < 4.78 is 0. The van der Waals surface area contributed by atoms with Crippen LogP contribution in [0.4, 0.5) is 0 Å². The van der Waals surface area contributed by atoms with Crippen molar-refractivity contribution in [3.05, 3.63) is 77.9 Å². The van der Waals surface area contributed by atoms with Crippen molar-refractivity contribution in [2.24, 2.45) is 0 Å². The predicted octanol–water partition coefficient (Wildman–Crippen LogP) is 5.55. The number of hydrogen-bond donors (Lipinski definition) is 0. The van der Waals surface area contributed by atoms with E-state index in [0.717, 1.165) is 6.42 Å². The second-order valence-electron chi connectivity index (χ2n) is 3.76. The number of rotatable bonds is 3. The van der Waals surface area contributed by atoms with E-state index >= 15 is 0 Å². The fourth-order valence-electron chi connectivity index (χ4n) is 1.84. The van der Waals surface area contributed by atoms with Gasteiger partial charge >= 0.3 is 0 Å². The molecule has 0 fully saturated rings. The average molecular weight is 238 g/mol. The normalized spacial score (nSPS) is 9.06. The summed E-state index contributed by atoms with van der Waals surface area (Å²) >= 11 is 0.